The van der Waals surface area contributed by atoms with Crippen molar-refractivity contribution in [2.24, 2.45) is 0 Å². The Morgan fingerprint density at radius 1 is 1.00 bits per heavy atom. The van der Waals surface area contributed by atoms with Crippen LogP contribution in [0.2, 0.25) is 0 Å². The van der Waals surface area contributed by atoms with Crippen molar-refractivity contribution >= 4 is 14.4 Å². The van der Waals surface area contributed by atoms with Crippen LogP contribution in [0.25, 0.3) is 0 Å². The van der Waals surface area contributed by atoms with Gasteiger partial charge in [-0.3, -0.25) is 9.09 Å². The topological polar surface area (TPSA) is 116 Å². The predicted molar refractivity (Wildman–Crippen MR) is 133 cm³/mol. The lowest BCUT2D eigenvalue weighted by Gasteiger charge is -2.20. The molecule has 0 radical (unpaired) electrons. The smallest absolute Gasteiger partial charge is 0.463 e. The van der Waals surface area contributed by atoms with Crippen molar-refractivity contribution in [3.63, 3.8) is 0 Å². The van der Waals surface area contributed by atoms with Crippen molar-refractivity contribution in [1.29, 1.82) is 0 Å². The maximum atomic E-state index is 14.7. The molecule has 39 heavy (non-hydrogen) atoms. The second-order valence-electron chi connectivity index (χ2n) is 7.70. The lowest BCUT2D eigenvalue weighted by Crippen LogP contribution is -2.29. The predicted octanol–water partition coefficient (Wildman–Crippen LogP) is 4.89. The maximum absolute atomic E-state index is 14.7. The summed E-state index contributed by atoms with van der Waals surface area (Å²) in [6.07, 6.45) is -2.99. The molecular formula is C24H26F4N3O7P. The first-order valence-corrected chi connectivity index (χ1v) is 12.4. The van der Waals surface area contributed by atoms with Crippen LogP contribution in [-0.2, 0) is 9.26 Å². The molecule has 1 aliphatic rings. The van der Waals surface area contributed by atoms with E-state index in [0.29, 0.717) is 23.0 Å². The number of rotatable bonds is 10. The molecule has 212 valence electrons. The van der Waals surface area contributed by atoms with Crippen LogP contribution >= 0.6 is 8.60 Å². The van der Waals surface area contributed by atoms with Crippen LogP contribution in [0.5, 0.6) is 23.0 Å². The lowest BCUT2D eigenvalue weighted by atomic mass is 10.2. The molecule has 2 heterocycles. The van der Waals surface area contributed by atoms with Gasteiger partial charge in [0.1, 0.15) is 41.5 Å². The second kappa shape index (κ2) is 14.5. The molecule has 0 amide bonds. The van der Waals surface area contributed by atoms with E-state index in [0.717, 1.165) is 10.8 Å². The Hall–Kier alpha value is -3.61. The molecule has 0 bridgehead atoms. The number of ether oxygens (including phenoxy) is 3. The lowest BCUT2D eigenvalue weighted by molar-refractivity contribution is -0.0320. The molecule has 4 rings (SSSR count). The fourth-order valence-electron chi connectivity index (χ4n) is 3.32. The summed E-state index contributed by atoms with van der Waals surface area (Å²) in [5.74, 6) is 0.705. The SMILES string of the molecule is COc1ccc(OP(OCC2OC(n3cc(F)c(N)nc3=O)CC2F)Oc2ccc(OC)cc2)cc1.FCF. The zero-order valence-electron chi connectivity index (χ0n) is 20.8. The number of hydrogen-bond acceptors (Lipinski definition) is 9. The van der Waals surface area contributed by atoms with Gasteiger partial charge in [-0.25, -0.2) is 22.4 Å². The number of methoxy groups -OCH3 is 2. The van der Waals surface area contributed by atoms with Crippen LogP contribution in [0.3, 0.4) is 0 Å². The van der Waals surface area contributed by atoms with E-state index in [9.17, 15) is 22.4 Å². The highest BCUT2D eigenvalue weighted by molar-refractivity contribution is 7.42. The standard InChI is InChI=1S/C23H24F2N3O7P.CH2F2/c1-30-14-3-7-16(8-4-14)34-36(35-17-9-5-15(31-2)6-10-17)32-13-20-18(24)11-21(33-20)28-12-19(25)22(26)27-23(28)29;2-1-3/h3-10,12,18,20-21H,11,13H2,1-2H3,(H2,26,27,29);1H2. The van der Waals surface area contributed by atoms with E-state index in [-0.39, 0.29) is 13.0 Å². The van der Waals surface area contributed by atoms with Crippen molar-refractivity contribution < 1.29 is 45.3 Å². The summed E-state index contributed by atoms with van der Waals surface area (Å²) in [6.45, 7) is -2.00. The van der Waals surface area contributed by atoms with Gasteiger partial charge < -0.3 is 29.0 Å². The summed E-state index contributed by atoms with van der Waals surface area (Å²) >= 11 is 0. The largest absolute Gasteiger partial charge is 0.497 e. The van der Waals surface area contributed by atoms with Crippen molar-refractivity contribution in [2.75, 3.05) is 33.5 Å². The molecule has 2 aromatic carbocycles. The Morgan fingerprint density at radius 2 is 1.49 bits per heavy atom. The number of nitrogens with two attached hydrogens (primary N) is 1. The zero-order chi connectivity index (χ0) is 28.4. The Bertz CT molecular complexity index is 1190. The van der Waals surface area contributed by atoms with E-state index in [1.54, 1.807) is 62.8 Å². The van der Waals surface area contributed by atoms with Gasteiger partial charge in [0.05, 0.1) is 27.0 Å². The first-order chi connectivity index (χ1) is 18.8. The highest BCUT2D eigenvalue weighted by Crippen LogP contribution is 2.43. The van der Waals surface area contributed by atoms with Gasteiger partial charge in [0.25, 0.3) is 0 Å². The van der Waals surface area contributed by atoms with Gasteiger partial charge in [0.15, 0.2) is 11.6 Å². The van der Waals surface area contributed by atoms with Crippen molar-refractivity contribution in [1.82, 2.24) is 9.55 Å². The molecule has 10 nitrogen and oxygen atoms in total. The monoisotopic (exact) mass is 575 g/mol. The van der Waals surface area contributed by atoms with Crippen molar-refractivity contribution in [2.45, 2.75) is 24.9 Å². The average molecular weight is 575 g/mol. The first-order valence-electron chi connectivity index (χ1n) is 11.3. The third-order valence-electron chi connectivity index (χ3n) is 5.23. The van der Waals surface area contributed by atoms with Gasteiger partial charge in [-0.05, 0) is 48.5 Å². The highest BCUT2D eigenvalue weighted by atomic mass is 31.2. The molecule has 1 saturated heterocycles. The van der Waals surface area contributed by atoms with Crippen LogP contribution in [0, 0.1) is 5.82 Å². The molecule has 3 aromatic rings. The Kier molecular flexibility index (Phi) is 11.1. The number of nitrogens with zero attached hydrogens (tertiary/aromatic N) is 2. The summed E-state index contributed by atoms with van der Waals surface area (Å²) in [5, 5.41) is 0. The third-order valence-corrected chi connectivity index (χ3v) is 6.31. The number of halogens is 4. The number of hydrogen-bond donors (Lipinski definition) is 1. The minimum atomic E-state index is -2.05. The van der Waals surface area contributed by atoms with E-state index >= 15 is 0 Å². The van der Waals surface area contributed by atoms with Crippen LogP contribution < -0.4 is 29.9 Å². The second-order valence-corrected chi connectivity index (χ2v) is 8.77. The van der Waals surface area contributed by atoms with E-state index in [1.807, 2.05) is 0 Å². The minimum absolute atomic E-state index is 0.199. The fraction of sp³-hybridized carbons (Fsp3) is 0.333. The van der Waals surface area contributed by atoms with Gasteiger partial charge in [-0.15, -0.1) is 0 Å². The van der Waals surface area contributed by atoms with Crippen molar-refractivity contribution in [3.05, 3.63) is 71.0 Å². The van der Waals surface area contributed by atoms with E-state index in [1.165, 1.54) is 0 Å². The molecule has 3 unspecified atom stereocenters. The number of anilines is 1. The van der Waals surface area contributed by atoms with Crippen LogP contribution in [0.4, 0.5) is 23.4 Å². The van der Waals surface area contributed by atoms with Crippen LogP contribution in [0.1, 0.15) is 12.6 Å². The van der Waals surface area contributed by atoms with Crippen molar-refractivity contribution in [3.8, 4) is 23.0 Å². The molecule has 15 heteroatoms. The molecule has 0 aliphatic carbocycles. The average Bonchev–Trinajstić information content (AvgIpc) is 3.30. The normalized spacial score (nSPS) is 18.3. The molecule has 0 saturated carbocycles. The first kappa shape index (κ1) is 29.9. The van der Waals surface area contributed by atoms with Gasteiger partial charge in [0.2, 0.25) is 6.93 Å². The highest BCUT2D eigenvalue weighted by Gasteiger charge is 2.38. The number of nitrogen functional groups attached to an aromatic ring is 1. The third kappa shape index (κ3) is 8.44. The van der Waals surface area contributed by atoms with Crippen LogP contribution in [0.15, 0.2) is 59.5 Å². The Balaban J connectivity index is 0.00000134. The minimum Gasteiger partial charge on any atom is -0.497 e. The molecule has 2 N–H and O–H groups in total. The summed E-state index contributed by atoms with van der Waals surface area (Å²) in [5.41, 5.74) is 4.46. The van der Waals surface area contributed by atoms with Crippen LogP contribution in [-0.4, -0.2) is 49.6 Å². The molecule has 1 aliphatic heterocycles. The van der Waals surface area contributed by atoms with Gasteiger partial charge >= 0.3 is 14.3 Å². The Labute approximate surface area is 222 Å². The summed E-state index contributed by atoms with van der Waals surface area (Å²) in [4.78, 5) is 15.5. The number of aromatic nitrogens is 2. The van der Waals surface area contributed by atoms with Gasteiger partial charge in [0, 0.05) is 6.42 Å². The quantitative estimate of drug-likeness (QED) is 0.266. The summed E-state index contributed by atoms with van der Waals surface area (Å²) in [7, 11) is 1.04. The molecule has 3 atom stereocenters. The zero-order valence-corrected chi connectivity index (χ0v) is 21.7. The van der Waals surface area contributed by atoms with E-state index in [2.05, 4.69) is 4.98 Å². The number of benzene rings is 2. The summed E-state index contributed by atoms with van der Waals surface area (Å²) in [6, 6.07) is 13.5. The molecule has 1 fully saturated rings. The Morgan fingerprint density at radius 3 is 1.97 bits per heavy atom. The van der Waals surface area contributed by atoms with E-state index in [4.69, 9.17) is 33.5 Å². The molecule has 0 spiro atoms. The van der Waals surface area contributed by atoms with Gasteiger partial charge in [-0.2, -0.15) is 4.98 Å². The van der Waals surface area contributed by atoms with Gasteiger partial charge in [-0.1, -0.05) is 0 Å². The summed E-state index contributed by atoms with van der Waals surface area (Å²) < 4.78 is 82.1. The maximum Gasteiger partial charge on any atom is 0.463 e. The fourth-order valence-corrected chi connectivity index (χ4v) is 4.32. The van der Waals surface area contributed by atoms with E-state index < -0.39 is 51.4 Å². The number of alkyl halides is 3. The molecular weight excluding hydrogens is 549 g/mol. The molecule has 1 aromatic heterocycles.